The summed E-state index contributed by atoms with van der Waals surface area (Å²) in [5.41, 5.74) is 1.18. The summed E-state index contributed by atoms with van der Waals surface area (Å²) in [4.78, 5) is 25.5. The van der Waals surface area contributed by atoms with Crippen molar-refractivity contribution in [3.05, 3.63) is 60.7 Å². The molecule has 0 unspecified atom stereocenters. The molecule has 0 aliphatic carbocycles. The summed E-state index contributed by atoms with van der Waals surface area (Å²) in [6.07, 6.45) is 0. The highest BCUT2D eigenvalue weighted by Crippen LogP contribution is 2.29. The van der Waals surface area contributed by atoms with Crippen LogP contribution in [-0.4, -0.2) is 10.2 Å². The van der Waals surface area contributed by atoms with Crippen LogP contribution in [0.1, 0.15) is 13.8 Å². The molecule has 0 aliphatic rings. The van der Waals surface area contributed by atoms with Crippen molar-refractivity contribution in [2.24, 2.45) is 0 Å². The summed E-state index contributed by atoms with van der Waals surface area (Å²) in [6, 6.07) is 12.0. The number of fused-ring (bicyclic) bond motifs is 1. The van der Waals surface area contributed by atoms with E-state index in [-0.39, 0.29) is 33.8 Å². The number of hydrogen-bond acceptors (Lipinski definition) is 2. The first kappa shape index (κ1) is 16.6. The Labute approximate surface area is 138 Å². The van der Waals surface area contributed by atoms with Gasteiger partial charge in [0.05, 0.1) is 0 Å². The van der Waals surface area contributed by atoms with Gasteiger partial charge in [0.1, 0.15) is 0 Å². The van der Waals surface area contributed by atoms with Crippen LogP contribution >= 0.6 is 23.5 Å². The van der Waals surface area contributed by atoms with Crippen LogP contribution in [-0.2, 0) is 9.59 Å². The maximum Gasteiger partial charge on any atom is 0.196 e. The molecule has 22 heavy (non-hydrogen) atoms. The topological polar surface area (TPSA) is 34.1 Å². The van der Waals surface area contributed by atoms with Crippen molar-refractivity contribution in [2.75, 3.05) is 0 Å². The quantitative estimate of drug-likeness (QED) is 0.788. The lowest BCUT2D eigenvalue weighted by molar-refractivity contribution is -0.108. The predicted molar refractivity (Wildman–Crippen MR) is 101 cm³/mol. The van der Waals surface area contributed by atoms with Crippen molar-refractivity contribution in [3.8, 4) is 0 Å². The average Bonchev–Trinajstić information content (AvgIpc) is 2.47. The second-order valence-electron chi connectivity index (χ2n) is 5.25. The zero-order valence-electron chi connectivity index (χ0n) is 12.7. The predicted octanol–water partition coefficient (Wildman–Crippen LogP) is 4.16. The third-order valence-electron chi connectivity index (χ3n) is 3.13. The van der Waals surface area contributed by atoms with Crippen molar-refractivity contribution >= 4 is 44.5 Å². The first-order valence-corrected chi connectivity index (χ1v) is 8.84. The van der Waals surface area contributed by atoms with E-state index in [9.17, 15) is 9.59 Å². The standard InChI is InChI=1S/C18H20O2S2/c1-11(2)17(19)21-15-7-5-14-10-16(8-6-13(14)9-15)22-18(20)12(3)4/h5-10H,1,3,21-22H2,2,4H3. The van der Waals surface area contributed by atoms with Crippen LogP contribution in [0.4, 0.5) is 0 Å². The Hall–Kier alpha value is -1.78. The monoisotopic (exact) mass is 332 g/mol. The molecule has 0 bridgehead atoms. The molecule has 0 saturated carbocycles. The van der Waals surface area contributed by atoms with Gasteiger partial charge in [0.15, 0.2) is 10.2 Å². The Morgan fingerprint density at radius 2 is 1.14 bits per heavy atom. The Bertz CT molecular complexity index is 724. The van der Waals surface area contributed by atoms with Crippen LogP contribution in [0.3, 0.4) is 0 Å². The molecule has 0 atom stereocenters. The highest BCUT2D eigenvalue weighted by molar-refractivity contribution is 8.14. The van der Waals surface area contributed by atoms with E-state index in [1.54, 1.807) is 13.8 Å². The van der Waals surface area contributed by atoms with Gasteiger partial charge < -0.3 is 0 Å². The van der Waals surface area contributed by atoms with E-state index >= 15 is 0 Å². The van der Waals surface area contributed by atoms with Gasteiger partial charge >= 0.3 is 0 Å². The van der Waals surface area contributed by atoms with Gasteiger partial charge in [-0.2, -0.15) is 23.5 Å². The normalized spacial score (nSPS) is 12.3. The molecule has 2 rings (SSSR count). The summed E-state index contributed by atoms with van der Waals surface area (Å²) in [5.74, 6) is 0. The van der Waals surface area contributed by atoms with Crippen LogP contribution < -0.4 is 0 Å². The van der Waals surface area contributed by atoms with Gasteiger partial charge in [-0.05, 0) is 69.8 Å². The Morgan fingerprint density at radius 3 is 1.45 bits per heavy atom. The van der Waals surface area contributed by atoms with Crippen molar-refractivity contribution in [1.29, 1.82) is 0 Å². The van der Waals surface area contributed by atoms with E-state index in [0.29, 0.717) is 11.1 Å². The van der Waals surface area contributed by atoms with E-state index in [4.69, 9.17) is 0 Å². The van der Waals surface area contributed by atoms with Crippen molar-refractivity contribution in [2.45, 2.75) is 23.6 Å². The van der Waals surface area contributed by atoms with E-state index in [2.05, 4.69) is 13.2 Å². The highest BCUT2D eigenvalue weighted by atomic mass is 32.2. The lowest BCUT2D eigenvalue weighted by Gasteiger charge is -2.08. The molecule has 116 valence electrons. The minimum atomic E-state index is 0.0875. The maximum absolute atomic E-state index is 11.8. The van der Waals surface area contributed by atoms with E-state index in [0.717, 1.165) is 20.6 Å². The number of carbonyl (C=O) groups excluding carboxylic acids is 2. The molecule has 0 aliphatic heterocycles. The van der Waals surface area contributed by atoms with Crippen molar-refractivity contribution in [1.82, 2.24) is 0 Å². The highest BCUT2D eigenvalue weighted by Gasteiger charge is 2.05. The first-order valence-electron chi connectivity index (χ1n) is 6.84. The van der Waals surface area contributed by atoms with Gasteiger partial charge in [0.25, 0.3) is 0 Å². The van der Waals surface area contributed by atoms with E-state index in [1.807, 2.05) is 36.4 Å². The SMILES string of the molecule is C=C(C)C(=O)[SH2]c1ccc2cc([SH2]C(=O)C(=C)C)ccc2c1. The molecular formula is C18H20O2S2. The Kier molecular flexibility index (Phi) is 5.27. The lowest BCUT2D eigenvalue weighted by atomic mass is 10.1. The summed E-state index contributed by atoms with van der Waals surface area (Å²) >= 11 is 0.219. The van der Waals surface area contributed by atoms with Gasteiger partial charge in [-0.1, -0.05) is 25.3 Å². The van der Waals surface area contributed by atoms with E-state index in [1.165, 1.54) is 0 Å². The molecule has 2 aromatic rings. The molecule has 2 aromatic carbocycles. The van der Waals surface area contributed by atoms with Crippen LogP contribution in [0.5, 0.6) is 0 Å². The van der Waals surface area contributed by atoms with Gasteiger partial charge in [-0.3, -0.25) is 9.59 Å². The summed E-state index contributed by atoms with van der Waals surface area (Å²) in [5, 5.41) is 2.33. The molecule has 0 heterocycles. The fourth-order valence-electron chi connectivity index (χ4n) is 1.88. The number of rotatable bonds is 4. The average molecular weight is 332 g/mol. The second-order valence-corrected chi connectivity index (χ2v) is 7.81. The van der Waals surface area contributed by atoms with Gasteiger partial charge in [-0.15, -0.1) is 0 Å². The molecule has 0 fully saturated rings. The Balaban J connectivity index is 2.25. The lowest BCUT2D eigenvalue weighted by Crippen LogP contribution is -1.91. The molecule has 2 nitrogen and oxygen atoms in total. The van der Waals surface area contributed by atoms with Gasteiger partial charge in [0, 0.05) is 0 Å². The minimum absolute atomic E-state index is 0.0875. The maximum atomic E-state index is 11.8. The molecule has 0 N–H and O–H groups in total. The molecule has 0 spiro atoms. The first-order chi connectivity index (χ1) is 10.4. The fraction of sp³-hybridized carbons (Fsp3) is 0.111. The summed E-state index contributed by atoms with van der Waals surface area (Å²) < 4.78 is 0. The van der Waals surface area contributed by atoms with Crippen LogP contribution in [0.2, 0.25) is 0 Å². The molecule has 0 amide bonds. The Morgan fingerprint density at radius 1 is 0.773 bits per heavy atom. The summed E-state index contributed by atoms with van der Waals surface area (Å²) in [7, 11) is 0. The number of carbonyl (C=O) groups is 2. The molecule has 4 heteroatoms. The zero-order valence-corrected chi connectivity index (χ0v) is 14.7. The van der Waals surface area contributed by atoms with Gasteiger partial charge in [-0.25, -0.2) is 0 Å². The second kappa shape index (κ2) is 6.99. The molecular weight excluding hydrogens is 312 g/mol. The van der Waals surface area contributed by atoms with Crippen LogP contribution in [0, 0.1) is 0 Å². The largest absolute Gasteiger partial charge is 0.284 e. The molecule has 0 saturated heterocycles. The zero-order chi connectivity index (χ0) is 16.3. The van der Waals surface area contributed by atoms with E-state index < -0.39 is 0 Å². The molecule has 0 aromatic heterocycles. The van der Waals surface area contributed by atoms with Crippen molar-refractivity contribution in [3.63, 3.8) is 0 Å². The van der Waals surface area contributed by atoms with Crippen LogP contribution in [0.15, 0.2) is 70.5 Å². The fourth-order valence-corrected chi connectivity index (χ4v) is 3.62. The number of benzene rings is 2. The third-order valence-corrected chi connectivity index (χ3v) is 5.64. The van der Waals surface area contributed by atoms with Crippen LogP contribution in [0.25, 0.3) is 10.8 Å². The van der Waals surface area contributed by atoms with Crippen molar-refractivity contribution < 1.29 is 9.59 Å². The summed E-state index contributed by atoms with van der Waals surface area (Å²) in [6.45, 7) is 10.8. The smallest absolute Gasteiger partial charge is 0.196 e. The minimum Gasteiger partial charge on any atom is -0.284 e. The third kappa shape index (κ3) is 4.12. The van der Waals surface area contributed by atoms with Gasteiger partial charge in [0.2, 0.25) is 0 Å². The number of hydrogen-bond donors (Lipinski definition) is 0. The molecule has 0 radical (unpaired) electrons.